The maximum absolute atomic E-state index is 12.0. The first-order valence-electron chi connectivity index (χ1n) is 6.29. The molecule has 1 aromatic rings. The van der Waals surface area contributed by atoms with Crippen LogP contribution in [0.15, 0.2) is 4.42 Å². The maximum atomic E-state index is 12.0. The molecule has 0 saturated carbocycles. The van der Waals surface area contributed by atoms with E-state index in [0.29, 0.717) is 19.3 Å². The van der Waals surface area contributed by atoms with E-state index in [1.807, 2.05) is 0 Å². The number of nitrogens with zero attached hydrogens (tertiary/aromatic N) is 1. The van der Waals surface area contributed by atoms with Crippen LogP contribution in [0.5, 0.6) is 0 Å². The highest BCUT2D eigenvalue weighted by atomic mass is 32.2. The van der Waals surface area contributed by atoms with Crippen LogP contribution < -0.4 is 0 Å². The van der Waals surface area contributed by atoms with E-state index in [2.05, 4.69) is 14.5 Å². The number of rotatable bonds is 3. The fourth-order valence-electron chi connectivity index (χ4n) is 2.17. The molecule has 1 atom stereocenters. The third kappa shape index (κ3) is 2.92. The molecule has 8 nitrogen and oxygen atoms in total. The first-order valence-corrected chi connectivity index (χ1v) is 8.01. The van der Waals surface area contributed by atoms with E-state index < -0.39 is 32.8 Å². The van der Waals surface area contributed by atoms with Gasteiger partial charge in [-0.2, -0.15) is 0 Å². The Morgan fingerprint density at radius 1 is 1.19 bits per heavy atom. The van der Waals surface area contributed by atoms with Crippen LogP contribution in [-0.2, 0) is 19.3 Å². The Morgan fingerprint density at radius 2 is 1.86 bits per heavy atom. The zero-order chi connectivity index (χ0) is 15.6. The number of methoxy groups -OCH3 is 2. The Balaban J connectivity index is 2.48. The highest BCUT2D eigenvalue weighted by molar-refractivity contribution is 7.91. The van der Waals surface area contributed by atoms with Crippen molar-refractivity contribution in [2.45, 2.75) is 24.5 Å². The zero-order valence-corrected chi connectivity index (χ0v) is 12.4. The summed E-state index contributed by atoms with van der Waals surface area (Å²) in [6.45, 7) is 0. The standard InChI is InChI=1S/C12H15NO7S/c1-18-11(14)8-9(12(15)19-2)20-10(13-8)7-5-3-4-6-21(7,16)17/h7H,3-6H2,1-2H3. The molecule has 9 heteroatoms. The Hall–Kier alpha value is -1.90. The van der Waals surface area contributed by atoms with Crippen LogP contribution in [0.3, 0.4) is 0 Å². The first-order chi connectivity index (χ1) is 9.90. The monoisotopic (exact) mass is 317 g/mol. The summed E-state index contributed by atoms with van der Waals surface area (Å²) in [6.07, 6.45) is 1.62. The molecular weight excluding hydrogens is 302 g/mol. The number of carbonyl (C=O) groups is 2. The van der Waals surface area contributed by atoms with E-state index in [4.69, 9.17) is 4.42 Å². The quantitative estimate of drug-likeness (QED) is 0.755. The number of hydrogen-bond acceptors (Lipinski definition) is 8. The van der Waals surface area contributed by atoms with Gasteiger partial charge in [-0.25, -0.2) is 23.0 Å². The maximum Gasteiger partial charge on any atom is 0.376 e. The second kappa shape index (κ2) is 5.84. The van der Waals surface area contributed by atoms with Gasteiger partial charge >= 0.3 is 11.9 Å². The van der Waals surface area contributed by atoms with Gasteiger partial charge in [0.15, 0.2) is 9.84 Å². The fraction of sp³-hybridized carbons (Fsp3) is 0.583. The molecule has 0 radical (unpaired) electrons. The molecule has 2 rings (SSSR count). The smallest absolute Gasteiger partial charge is 0.376 e. The number of esters is 2. The molecule has 2 heterocycles. The third-order valence-electron chi connectivity index (χ3n) is 3.25. The molecule has 21 heavy (non-hydrogen) atoms. The van der Waals surface area contributed by atoms with Gasteiger partial charge in [-0.15, -0.1) is 0 Å². The van der Waals surface area contributed by atoms with Gasteiger partial charge in [0.05, 0.1) is 20.0 Å². The number of hydrogen-bond donors (Lipinski definition) is 0. The minimum atomic E-state index is -3.41. The molecule has 116 valence electrons. The molecule has 0 aliphatic carbocycles. The Bertz CT molecular complexity index is 628. The van der Waals surface area contributed by atoms with E-state index in [1.165, 1.54) is 0 Å². The van der Waals surface area contributed by atoms with Gasteiger partial charge in [0.2, 0.25) is 17.3 Å². The van der Waals surface area contributed by atoms with Crippen molar-refractivity contribution in [2.24, 2.45) is 0 Å². The summed E-state index contributed by atoms with van der Waals surface area (Å²) >= 11 is 0. The summed E-state index contributed by atoms with van der Waals surface area (Å²) in [7, 11) is -1.17. The summed E-state index contributed by atoms with van der Waals surface area (Å²) in [5.74, 6) is -2.39. The molecule has 0 bridgehead atoms. The molecule has 1 saturated heterocycles. The van der Waals surface area contributed by atoms with E-state index in [0.717, 1.165) is 14.2 Å². The van der Waals surface area contributed by atoms with Gasteiger partial charge < -0.3 is 13.9 Å². The van der Waals surface area contributed by atoms with Crippen molar-refractivity contribution >= 4 is 21.8 Å². The molecular formula is C12H15NO7S. The van der Waals surface area contributed by atoms with E-state index in [-0.39, 0.29) is 17.3 Å². The van der Waals surface area contributed by atoms with Gasteiger partial charge in [0, 0.05) is 0 Å². The van der Waals surface area contributed by atoms with Crippen molar-refractivity contribution in [1.29, 1.82) is 0 Å². The van der Waals surface area contributed by atoms with E-state index in [1.54, 1.807) is 0 Å². The average Bonchev–Trinajstić information content (AvgIpc) is 2.89. The number of oxazole rings is 1. The molecule has 1 aliphatic rings. The Labute approximate surface area is 121 Å². The highest BCUT2D eigenvalue weighted by Gasteiger charge is 2.37. The number of ether oxygens (including phenoxy) is 2. The molecule has 1 aliphatic heterocycles. The van der Waals surface area contributed by atoms with Crippen molar-refractivity contribution in [2.75, 3.05) is 20.0 Å². The van der Waals surface area contributed by atoms with Crippen LogP contribution in [0.2, 0.25) is 0 Å². The van der Waals surface area contributed by atoms with Crippen molar-refractivity contribution in [1.82, 2.24) is 4.98 Å². The van der Waals surface area contributed by atoms with Crippen LogP contribution in [0.1, 0.15) is 51.4 Å². The van der Waals surface area contributed by atoms with Gasteiger partial charge in [-0.05, 0) is 12.8 Å². The van der Waals surface area contributed by atoms with Crippen LogP contribution in [-0.4, -0.2) is 45.3 Å². The predicted molar refractivity (Wildman–Crippen MR) is 69.6 cm³/mol. The lowest BCUT2D eigenvalue weighted by atomic mass is 10.2. The summed E-state index contributed by atoms with van der Waals surface area (Å²) in [6, 6.07) is 0. The summed E-state index contributed by atoms with van der Waals surface area (Å²) in [5.41, 5.74) is -0.375. The topological polar surface area (TPSA) is 113 Å². The minimum absolute atomic E-state index is 0.0289. The van der Waals surface area contributed by atoms with Crippen molar-refractivity contribution < 1.29 is 31.9 Å². The van der Waals surface area contributed by atoms with Crippen molar-refractivity contribution in [3.05, 3.63) is 17.3 Å². The molecule has 0 aromatic carbocycles. The lowest BCUT2D eigenvalue weighted by molar-refractivity contribution is 0.0525. The normalized spacial score (nSPS) is 20.8. The molecule has 0 spiro atoms. The largest absolute Gasteiger partial charge is 0.464 e. The third-order valence-corrected chi connectivity index (χ3v) is 5.41. The molecule has 0 amide bonds. The molecule has 0 N–H and O–H groups in total. The summed E-state index contributed by atoms with van der Waals surface area (Å²) < 4.78 is 38.3. The van der Waals surface area contributed by atoms with Crippen LogP contribution in [0.25, 0.3) is 0 Å². The molecule has 1 unspecified atom stereocenters. The van der Waals surface area contributed by atoms with Crippen LogP contribution in [0, 0.1) is 0 Å². The number of aromatic nitrogens is 1. The number of sulfone groups is 1. The van der Waals surface area contributed by atoms with Gasteiger partial charge in [0.1, 0.15) is 5.25 Å². The highest BCUT2D eigenvalue weighted by Crippen LogP contribution is 2.34. The zero-order valence-electron chi connectivity index (χ0n) is 11.6. The Morgan fingerprint density at radius 3 is 2.43 bits per heavy atom. The lowest BCUT2D eigenvalue weighted by Crippen LogP contribution is -2.22. The predicted octanol–water partition coefficient (Wildman–Crippen LogP) is 0.888. The second-order valence-electron chi connectivity index (χ2n) is 4.56. The SMILES string of the molecule is COC(=O)c1nc(C2CCCCS2(=O)=O)oc1C(=O)OC. The Kier molecular flexibility index (Phi) is 4.31. The van der Waals surface area contributed by atoms with E-state index >= 15 is 0 Å². The second-order valence-corrected chi connectivity index (χ2v) is 6.87. The van der Waals surface area contributed by atoms with E-state index in [9.17, 15) is 18.0 Å². The van der Waals surface area contributed by atoms with Crippen molar-refractivity contribution in [3.8, 4) is 0 Å². The summed E-state index contributed by atoms with van der Waals surface area (Å²) in [5, 5.41) is -0.951. The van der Waals surface area contributed by atoms with Gasteiger partial charge in [-0.3, -0.25) is 0 Å². The lowest BCUT2D eigenvalue weighted by Gasteiger charge is -2.18. The number of carbonyl (C=O) groups excluding carboxylic acids is 2. The minimum Gasteiger partial charge on any atom is -0.464 e. The summed E-state index contributed by atoms with van der Waals surface area (Å²) in [4.78, 5) is 27.1. The van der Waals surface area contributed by atoms with Crippen molar-refractivity contribution in [3.63, 3.8) is 0 Å². The average molecular weight is 317 g/mol. The molecule has 1 fully saturated rings. The van der Waals surface area contributed by atoms with Gasteiger partial charge in [0.25, 0.3) is 0 Å². The van der Waals surface area contributed by atoms with Crippen LogP contribution >= 0.6 is 0 Å². The van der Waals surface area contributed by atoms with Crippen LogP contribution in [0.4, 0.5) is 0 Å². The van der Waals surface area contributed by atoms with Gasteiger partial charge in [-0.1, -0.05) is 6.42 Å². The first kappa shape index (κ1) is 15.5. The fourth-order valence-corrected chi connectivity index (χ4v) is 4.00. The molecule has 1 aromatic heterocycles.